The molecule has 2 aromatic rings. The van der Waals surface area contributed by atoms with E-state index in [-0.39, 0.29) is 18.0 Å². The Morgan fingerprint density at radius 3 is 2.96 bits per heavy atom. The fourth-order valence-electron chi connectivity index (χ4n) is 3.12. The molecule has 25 heavy (non-hydrogen) atoms. The number of hydrogen-bond donors (Lipinski definition) is 1. The van der Waals surface area contributed by atoms with Gasteiger partial charge in [0, 0.05) is 34.9 Å². The first kappa shape index (κ1) is 18.0. The van der Waals surface area contributed by atoms with Crippen molar-refractivity contribution in [2.45, 2.75) is 58.5 Å². The predicted octanol–water partition coefficient (Wildman–Crippen LogP) is 2.40. The number of nitrogens with one attached hydrogen (secondary N) is 1. The van der Waals surface area contributed by atoms with Crippen LogP contribution in [0.2, 0.25) is 0 Å². The summed E-state index contributed by atoms with van der Waals surface area (Å²) in [4.78, 5) is 16.6. The Morgan fingerprint density at radius 2 is 2.28 bits per heavy atom. The molecule has 6 nitrogen and oxygen atoms in total. The summed E-state index contributed by atoms with van der Waals surface area (Å²) in [7, 11) is 0. The van der Waals surface area contributed by atoms with Gasteiger partial charge in [-0.05, 0) is 39.3 Å². The number of carbonyl (C=O) groups excluding carboxylic acids is 1. The quantitative estimate of drug-likeness (QED) is 0.854. The molecule has 2 unspecified atom stereocenters. The van der Waals surface area contributed by atoms with Crippen LogP contribution < -0.4 is 5.32 Å². The van der Waals surface area contributed by atoms with E-state index in [4.69, 9.17) is 0 Å². The fourth-order valence-corrected chi connectivity index (χ4v) is 4.04. The molecule has 0 aromatic carbocycles. The number of likely N-dealkylation sites (tertiary alicyclic amines) is 1. The average molecular weight is 365 g/mol. The van der Waals surface area contributed by atoms with Gasteiger partial charge >= 0.3 is 0 Å². The van der Waals surface area contributed by atoms with Crippen molar-refractivity contribution in [3.8, 4) is 0 Å². The predicted molar refractivity (Wildman–Crippen MR) is 95.4 cm³/mol. The number of aryl methyl sites for hydroxylation is 1. The number of hydrogen-bond acceptors (Lipinski definition) is 5. The molecule has 0 bridgehead atoms. The lowest BCUT2D eigenvalue weighted by Crippen LogP contribution is -2.32. The summed E-state index contributed by atoms with van der Waals surface area (Å²) in [5.41, 5.74) is 0.295. The van der Waals surface area contributed by atoms with Crippen LogP contribution >= 0.6 is 11.3 Å². The summed E-state index contributed by atoms with van der Waals surface area (Å²) < 4.78 is 15.6. The van der Waals surface area contributed by atoms with Gasteiger partial charge in [-0.1, -0.05) is 5.21 Å². The van der Waals surface area contributed by atoms with Crippen molar-refractivity contribution in [1.29, 1.82) is 0 Å². The van der Waals surface area contributed by atoms with Crippen molar-refractivity contribution in [2.75, 3.05) is 6.54 Å². The van der Waals surface area contributed by atoms with Gasteiger partial charge in [0.1, 0.15) is 6.17 Å². The van der Waals surface area contributed by atoms with Gasteiger partial charge < -0.3 is 5.32 Å². The number of nitrogens with zero attached hydrogens (tertiary/aromatic N) is 4. The molecular formula is C17H24FN5OS. The van der Waals surface area contributed by atoms with E-state index in [1.165, 1.54) is 9.75 Å². The highest BCUT2D eigenvalue weighted by Crippen LogP contribution is 2.26. The van der Waals surface area contributed by atoms with Crippen LogP contribution in [0.25, 0.3) is 0 Å². The van der Waals surface area contributed by atoms with E-state index in [1.807, 2.05) is 13.8 Å². The Morgan fingerprint density at radius 1 is 1.48 bits per heavy atom. The van der Waals surface area contributed by atoms with Crippen LogP contribution in [0.15, 0.2) is 18.3 Å². The van der Waals surface area contributed by atoms with Gasteiger partial charge in [-0.25, -0.2) is 4.39 Å². The summed E-state index contributed by atoms with van der Waals surface area (Å²) in [5, 5.41) is 10.8. The molecule has 2 aromatic heterocycles. The minimum absolute atomic E-state index is 0.0459. The third kappa shape index (κ3) is 4.64. The Labute approximate surface area is 151 Å². The summed E-state index contributed by atoms with van der Waals surface area (Å²) >= 11 is 1.75. The van der Waals surface area contributed by atoms with Gasteiger partial charge in [0.15, 0.2) is 5.69 Å². The molecule has 0 aliphatic carbocycles. The van der Waals surface area contributed by atoms with Gasteiger partial charge in [-0.3, -0.25) is 14.4 Å². The number of rotatable bonds is 6. The van der Waals surface area contributed by atoms with Crippen LogP contribution in [0, 0.1) is 6.92 Å². The van der Waals surface area contributed by atoms with Gasteiger partial charge in [0.2, 0.25) is 0 Å². The Kier molecular flexibility index (Phi) is 5.48. The molecule has 1 aliphatic rings. The zero-order valence-corrected chi connectivity index (χ0v) is 15.6. The molecule has 0 spiro atoms. The van der Waals surface area contributed by atoms with E-state index in [2.05, 4.69) is 39.6 Å². The summed E-state index contributed by atoms with van der Waals surface area (Å²) in [6, 6.07) is 4.30. The second-order valence-corrected chi connectivity index (χ2v) is 8.26. The largest absolute Gasteiger partial charge is 0.348 e. The minimum atomic E-state index is -0.821. The number of carbonyl (C=O) groups is 1. The zero-order valence-electron chi connectivity index (χ0n) is 14.8. The van der Waals surface area contributed by atoms with Crippen molar-refractivity contribution in [3.63, 3.8) is 0 Å². The molecule has 136 valence electrons. The molecule has 3 rings (SSSR count). The number of alkyl halides is 1. The summed E-state index contributed by atoms with van der Waals surface area (Å²) in [6.45, 7) is 7.59. The first-order chi connectivity index (χ1) is 11.9. The van der Waals surface area contributed by atoms with Gasteiger partial charge in [-0.2, -0.15) is 0 Å². The molecular weight excluding hydrogens is 341 g/mol. The first-order valence-electron chi connectivity index (χ1n) is 8.55. The van der Waals surface area contributed by atoms with E-state index < -0.39 is 6.17 Å². The number of aromatic nitrogens is 3. The van der Waals surface area contributed by atoms with Crippen LogP contribution in [-0.2, 0) is 13.1 Å². The molecule has 1 N–H and O–H groups in total. The molecule has 1 aliphatic heterocycles. The normalized spacial score (nSPS) is 21.2. The maximum absolute atomic E-state index is 14.0. The first-order valence-corrected chi connectivity index (χ1v) is 9.37. The van der Waals surface area contributed by atoms with E-state index in [1.54, 1.807) is 22.2 Å². The van der Waals surface area contributed by atoms with E-state index in [0.29, 0.717) is 25.2 Å². The van der Waals surface area contributed by atoms with Crippen molar-refractivity contribution in [2.24, 2.45) is 0 Å². The third-order valence-corrected chi connectivity index (χ3v) is 5.21. The standard InChI is InChI=1S/C17H24FN5OS/c1-11(2)19-17(24)16-10-23(21-20-16)8-14-6-13(18)7-22(14)9-15-5-4-12(3)25-15/h4-5,10-11,13-14H,6-9H2,1-3H3,(H,19,24). The average Bonchev–Trinajstić information content (AvgIpc) is 3.21. The maximum Gasteiger partial charge on any atom is 0.273 e. The lowest BCUT2D eigenvalue weighted by molar-refractivity contribution is 0.0938. The zero-order chi connectivity index (χ0) is 18.0. The number of amides is 1. The Balaban J connectivity index is 1.64. The molecule has 0 radical (unpaired) electrons. The lowest BCUT2D eigenvalue weighted by atomic mass is 10.2. The molecule has 8 heteroatoms. The Hall–Kier alpha value is -1.80. The van der Waals surface area contributed by atoms with Crippen LogP contribution in [0.4, 0.5) is 4.39 Å². The second-order valence-electron chi connectivity index (χ2n) is 6.88. The van der Waals surface area contributed by atoms with Gasteiger partial charge in [0.05, 0.1) is 12.7 Å². The van der Waals surface area contributed by atoms with Crippen molar-refractivity contribution < 1.29 is 9.18 Å². The molecule has 1 saturated heterocycles. The summed E-state index contributed by atoms with van der Waals surface area (Å²) in [6.07, 6.45) is 1.30. The topological polar surface area (TPSA) is 63.1 Å². The SMILES string of the molecule is Cc1ccc(CN2CC(F)CC2Cn2cc(C(=O)NC(C)C)nn2)s1. The number of halogens is 1. The molecule has 0 saturated carbocycles. The second kappa shape index (κ2) is 7.61. The molecule has 1 amide bonds. The van der Waals surface area contributed by atoms with Crippen molar-refractivity contribution in [3.05, 3.63) is 33.8 Å². The maximum atomic E-state index is 14.0. The van der Waals surface area contributed by atoms with Gasteiger partial charge in [0.25, 0.3) is 5.91 Å². The highest BCUT2D eigenvalue weighted by molar-refractivity contribution is 7.11. The van der Waals surface area contributed by atoms with Crippen LogP contribution in [0.1, 0.15) is 40.5 Å². The van der Waals surface area contributed by atoms with Crippen molar-refractivity contribution >= 4 is 17.2 Å². The summed E-state index contributed by atoms with van der Waals surface area (Å²) in [5.74, 6) is -0.234. The van der Waals surface area contributed by atoms with Crippen LogP contribution in [-0.4, -0.2) is 50.6 Å². The van der Waals surface area contributed by atoms with Gasteiger partial charge in [-0.15, -0.1) is 16.4 Å². The van der Waals surface area contributed by atoms with Crippen LogP contribution in [0.5, 0.6) is 0 Å². The van der Waals surface area contributed by atoms with Crippen LogP contribution in [0.3, 0.4) is 0 Å². The van der Waals surface area contributed by atoms with E-state index in [9.17, 15) is 9.18 Å². The highest BCUT2D eigenvalue weighted by Gasteiger charge is 2.32. The monoisotopic (exact) mass is 365 g/mol. The molecule has 3 heterocycles. The van der Waals surface area contributed by atoms with E-state index >= 15 is 0 Å². The lowest BCUT2D eigenvalue weighted by Gasteiger charge is -2.23. The fraction of sp³-hybridized carbons (Fsp3) is 0.588. The van der Waals surface area contributed by atoms with E-state index in [0.717, 1.165) is 6.54 Å². The molecule has 2 atom stereocenters. The third-order valence-electron chi connectivity index (χ3n) is 4.22. The highest BCUT2D eigenvalue weighted by atomic mass is 32.1. The van der Waals surface area contributed by atoms with Crippen molar-refractivity contribution in [1.82, 2.24) is 25.2 Å². The Bertz CT molecular complexity index is 728. The smallest absolute Gasteiger partial charge is 0.273 e. The number of thiophene rings is 1. The molecule has 1 fully saturated rings. The minimum Gasteiger partial charge on any atom is -0.348 e.